The number of para-hydroxylation sites is 2. The summed E-state index contributed by atoms with van der Waals surface area (Å²) in [4.78, 5) is 10.6. The van der Waals surface area contributed by atoms with E-state index in [-0.39, 0.29) is 0 Å². The molecule has 3 rings (SSSR count). The van der Waals surface area contributed by atoms with Gasteiger partial charge in [0, 0.05) is 6.54 Å². The van der Waals surface area contributed by atoms with Gasteiger partial charge in [0.2, 0.25) is 0 Å². The van der Waals surface area contributed by atoms with Gasteiger partial charge in [-0.05, 0) is 18.6 Å². The van der Waals surface area contributed by atoms with Crippen molar-refractivity contribution in [1.82, 2.24) is 9.97 Å². The first-order chi connectivity index (χ1) is 9.33. The highest BCUT2D eigenvalue weighted by molar-refractivity contribution is 6.29. The molecule has 0 saturated heterocycles. The topological polar surface area (TPSA) is 38.2 Å². The molecule has 1 aromatic carbocycles. The summed E-state index contributed by atoms with van der Waals surface area (Å²) in [5, 5.41) is 0.420. The smallest absolute Gasteiger partial charge is 0.147 e. The number of ether oxygens (including phenoxy) is 1. The maximum absolute atomic E-state index is 5.75. The standard InChI is InChI=1S/C14H14ClN3O/c15-14-9-16-11(8-17-14)10-18-6-3-7-19-13-5-2-1-4-12(13)18/h1-2,4-5,8-9H,3,6-7,10H2. The van der Waals surface area contributed by atoms with Gasteiger partial charge in [0.05, 0.1) is 36.9 Å². The van der Waals surface area contributed by atoms with Crippen LogP contribution in [0.3, 0.4) is 0 Å². The van der Waals surface area contributed by atoms with Gasteiger partial charge in [-0.3, -0.25) is 4.98 Å². The second kappa shape index (κ2) is 5.45. The summed E-state index contributed by atoms with van der Waals surface area (Å²) in [6.45, 7) is 2.41. The van der Waals surface area contributed by atoms with Crippen LogP contribution in [0.2, 0.25) is 5.15 Å². The van der Waals surface area contributed by atoms with Crippen molar-refractivity contribution in [3.63, 3.8) is 0 Å². The van der Waals surface area contributed by atoms with Gasteiger partial charge < -0.3 is 9.64 Å². The summed E-state index contributed by atoms with van der Waals surface area (Å²) in [5.74, 6) is 0.932. The molecule has 5 heteroatoms. The van der Waals surface area contributed by atoms with E-state index < -0.39 is 0 Å². The molecular weight excluding hydrogens is 262 g/mol. The van der Waals surface area contributed by atoms with E-state index in [0.29, 0.717) is 11.7 Å². The van der Waals surface area contributed by atoms with E-state index in [1.165, 1.54) is 0 Å². The maximum Gasteiger partial charge on any atom is 0.147 e. The minimum Gasteiger partial charge on any atom is -0.491 e. The van der Waals surface area contributed by atoms with Crippen LogP contribution in [0.5, 0.6) is 5.75 Å². The molecule has 0 spiro atoms. The zero-order valence-electron chi connectivity index (χ0n) is 10.4. The minimum atomic E-state index is 0.420. The Labute approximate surface area is 117 Å². The lowest BCUT2D eigenvalue weighted by Gasteiger charge is -2.23. The van der Waals surface area contributed by atoms with Gasteiger partial charge in [0.1, 0.15) is 10.9 Å². The number of benzene rings is 1. The van der Waals surface area contributed by atoms with Crippen molar-refractivity contribution in [3.05, 3.63) is 47.5 Å². The Balaban J connectivity index is 1.86. The Bertz CT molecular complexity index is 559. The molecule has 0 saturated carbocycles. The molecule has 0 unspecified atom stereocenters. The number of aromatic nitrogens is 2. The lowest BCUT2D eigenvalue weighted by atomic mass is 10.2. The van der Waals surface area contributed by atoms with Gasteiger partial charge in [-0.25, -0.2) is 4.98 Å². The summed E-state index contributed by atoms with van der Waals surface area (Å²) in [6.07, 6.45) is 4.30. The molecule has 0 atom stereocenters. The van der Waals surface area contributed by atoms with Gasteiger partial charge in [0.15, 0.2) is 0 Å². The predicted octanol–water partition coefficient (Wildman–Crippen LogP) is 2.92. The predicted molar refractivity (Wildman–Crippen MR) is 74.6 cm³/mol. The van der Waals surface area contributed by atoms with Crippen molar-refractivity contribution >= 4 is 17.3 Å². The highest BCUT2D eigenvalue weighted by Gasteiger charge is 2.16. The molecule has 2 aromatic rings. The SMILES string of the molecule is Clc1cnc(CN2CCCOc3ccccc32)cn1. The molecule has 19 heavy (non-hydrogen) atoms. The average Bonchev–Trinajstić information content (AvgIpc) is 2.64. The molecular formula is C14H14ClN3O. The zero-order chi connectivity index (χ0) is 13.1. The molecule has 0 aliphatic carbocycles. The number of halogens is 1. The van der Waals surface area contributed by atoms with E-state index in [1.807, 2.05) is 18.2 Å². The van der Waals surface area contributed by atoms with Crippen LogP contribution >= 0.6 is 11.6 Å². The largest absolute Gasteiger partial charge is 0.491 e. The van der Waals surface area contributed by atoms with Gasteiger partial charge >= 0.3 is 0 Å². The van der Waals surface area contributed by atoms with E-state index >= 15 is 0 Å². The number of anilines is 1. The van der Waals surface area contributed by atoms with Crippen molar-refractivity contribution in [2.24, 2.45) is 0 Å². The van der Waals surface area contributed by atoms with Crippen molar-refractivity contribution in [1.29, 1.82) is 0 Å². The molecule has 1 aliphatic rings. The molecule has 0 bridgehead atoms. The number of hydrogen-bond donors (Lipinski definition) is 0. The van der Waals surface area contributed by atoms with E-state index in [4.69, 9.17) is 16.3 Å². The molecule has 2 heterocycles. The van der Waals surface area contributed by atoms with Crippen LogP contribution in [0, 0.1) is 0 Å². The van der Waals surface area contributed by atoms with Crippen LogP contribution in [-0.4, -0.2) is 23.1 Å². The number of rotatable bonds is 2. The third-order valence-electron chi connectivity index (χ3n) is 3.06. The first-order valence-corrected chi connectivity index (χ1v) is 6.64. The van der Waals surface area contributed by atoms with E-state index in [1.54, 1.807) is 12.4 Å². The number of fused-ring (bicyclic) bond motifs is 1. The highest BCUT2D eigenvalue weighted by atomic mass is 35.5. The third kappa shape index (κ3) is 2.79. The van der Waals surface area contributed by atoms with E-state index in [9.17, 15) is 0 Å². The third-order valence-corrected chi connectivity index (χ3v) is 3.26. The van der Waals surface area contributed by atoms with Gasteiger partial charge in [-0.1, -0.05) is 23.7 Å². The first kappa shape index (κ1) is 12.2. The maximum atomic E-state index is 5.75. The first-order valence-electron chi connectivity index (χ1n) is 6.26. The average molecular weight is 276 g/mol. The van der Waals surface area contributed by atoms with Crippen LogP contribution in [0.15, 0.2) is 36.7 Å². The van der Waals surface area contributed by atoms with Crippen molar-refractivity contribution in [2.45, 2.75) is 13.0 Å². The van der Waals surface area contributed by atoms with Crippen molar-refractivity contribution in [3.8, 4) is 5.75 Å². The van der Waals surface area contributed by atoms with Crippen LogP contribution < -0.4 is 9.64 Å². The van der Waals surface area contributed by atoms with Crippen LogP contribution in [0.25, 0.3) is 0 Å². The fourth-order valence-corrected chi connectivity index (χ4v) is 2.28. The molecule has 0 radical (unpaired) electrons. The second-order valence-electron chi connectivity index (χ2n) is 4.42. The van der Waals surface area contributed by atoms with E-state index in [2.05, 4.69) is 20.9 Å². The molecule has 0 N–H and O–H groups in total. The number of hydrogen-bond acceptors (Lipinski definition) is 4. The zero-order valence-corrected chi connectivity index (χ0v) is 11.2. The van der Waals surface area contributed by atoms with Crippen molar-refractivity contribution < 1.29 is 4.74 Å². The molecule has 98 valence electrons. The molecule has 0 amide bonds. The lowest BCUT2D eigenvalue weighted by molar-refractivity contribution is 0.322. The summed E-state index contributed by atoms with van der Waals surface area (Å²) < 4.78 is 5.74. The Morgan fingerprint density at radius 2 is 2.11 bits per heavy atom. The fourth-order valence-electron chi connectivity index (χ4n) is 2.18. The Morgan fingerprint density at radius 1 is 1.21 bits per heavy atom. The quantitative estimate of drug-likeness (QED) is 0.845. The monoisotopic (exact) mass is 275 g/mol. The van der Waals surface area contributed by atoms with Crippen molar-refractivity contribution in [2.75, 3.05) is 18.1 Å². The van der Waals surface area contributed by atoms with Crippen LogP contribution in [-0.2, 0) is 6.54 Å². The summed E-state index contributed by atoms with van der Waals surface area (Å²) in [6, 6.07) is 8.09. The summed E-state index contributed by atoms with van der Waals surface area (Å²) in [7, 11) is 0. The van der Waals surface area contributed by atoms with Gasteiger partial charge in [-0.2, -0.15) is 0 Å². The second-order valence-corrected chi connectivity index (χ2v) is 4.81. The van der Waals surface area contributed by atoms with Gasteiger partial charge in [0.25, 0.3) is 0 Å². The normalized spacial score (nSPS) is 14.5. The molecule has 1 aliphatic heterocycles. The lowest BCUT2D eigenvalue weighted by Crippen LogP contribution is -2.23. The number of nitrogens with zero attached hydrogens (tertiary/aromatic N) is 3. The van der Waals surface area contributed by atoms with E-state index in [0.717, 1.165) is 36.7 Å². The van der Waals surface area contributed by atoms with Crippen LogP contribution in [0.4, 0.5) is 5.69 Å². The Morgan fingerprint density at radius 3 is 2.95 bits per heavy atom. The summed E-state index contributed by atoms with van der Waals surface area (Å²) >= 11 is 5.75. The van der Waals surface area contributed by atoms with Gasteiger partial charge in [-0.15, -0.1) is 0 Å². The fraction of sp³-hybridized carbons (Fsp3) is 0.286. The minimum absolute atomic E-state index is 0.420. The molecule has 4 nitrogen and oxygen atoms in total. The van der Waals surface area contributed by atoms with Crippen LogP contribution in [0.1, 0.15) is 12.1 Å². The Hall–Kier alpha value is -1.81. The molecule has 0 fully saturated rings. The molecule has 1 aromatic heterocycles. The highest BCUT2D eigenvalue weighted by Crippen LogP contribution is 2.31. The summed E-state index contributed by atoms with van der Waals surface area (Å²) in [5.41, 5.74) is 2.01. The Kier molecular flexibility index (Phi) is 3.51.